The van der Waals surface area contributed by atoms with Crippen LogP contribution in [0.3, 0.4) is 0 Å². The van der Waals surface area contributed by atoms with E-state index in [1.807, 2.05) is 6.08 Å². The lowest BCUT2D eigenvalue weighted by atomic mass is 10.0. The van der Waals surface area contributed by atoms with Gasteiger partial charge in [0.25, 0.3) is 0 Å². The van der Waals surface area contributed by atoms with Crippen molar-refractivity contribution in [1.82, 2.24) is 0 Å². The van der Waals surface area contributed by atoms with Crippen LogP contribution < -0.4 is 0 Å². The fourth-order valence-corrected chi connectivity index (χ4v) is 10.1. The molecule has 0 N–H and O–H groups in total. The molecule has 0 saturated heterocycles. The van der Waals surface area contributed by atoms with Crippen LogP contribution in [0.25, 0.3) is 0 Å². The second kappa shape index (κ2) is 69.8. The number of hydrogen-bond acceptors (Lipinski definition) is 6. The first-order valence-electron chi connectivity index (χ1n) is 35.2. The van der Waals surface area contributed by atoms with Gasteiger partial charge in [0.15, 0.2) is 6.10 Å². The maximum absolute atomic E-state index is 12.9. The van der Waals surface area contributed by atoms with Crippen LogP contribution in [0.2, 0.25) is 0 Å². The van der Waals surface area contributed by atoms with E-state index in [0.29, 0.717) is 19.3 Å². The number of esters is 3. The first-order chi connectivity index (χ1) is 40.5. The maximum atomic E-state index is 12.9. The molecule has 0 aliphatic rings. The van der Waals surface area contributed by atoms with E-state index in [4.69, 9.17) is 14.2 Å². The maximum Gasteiger partial charge on any atom is 0.306 e. The summed E-state index contributed by atoms with van der Waals surface area (Å²) in [4.78, 5) is 38.4. The third kappa shape index (κ3) is 67.1. The van der Waals surface area contributed by atoms with Crippen LogP contribution in [0.4, 0.5) is 0 Å². The molecule has 0 aromatic carbocycles. The van der Waals surface area contributed by atoms with E-state index < -0.39 is 12.1 Å². The highest BCUT2D eigenvalue weighted by atomic mass is 16.6. The number of unbranched alkanes of at least 4 members (excludes halogenated alkanes) is 37. The quantitative estimate of drug-likeness (QED) is 0.0261. The minimum atomic E-state index is -0.825. The average molecular weight is 1140 g/mol. The zero-order chi connectivity index (χ0) is 59.2. The zero-order valence-corrected chi connectivity index (χ0v) is 54.2. The molecule has 0 aromatic heterocycles. The first-order valence-corrected chi connectivity index (χ1v) is 35.2. The largest absolute Gasteiger partial charge is 0.462 e. The molecule has 0 fully saturated rings. The Bertz CT molecular complexity index is 1590. The molecule has 0 aliphatic heterocycles. The number of allylic oxidation sites excluding steroid dienone is 16. The van der Waals surface area contributed by atoms with Crippen molar-refractivity contribution >= 4 is 17.9 Å². The highest BCUT2D eigenvalue weighted by Crippen LogP contribution is 2.18. The molecule has 472 valence electrons. The van der Waals surface area contributed by atoms with E-state index in [9.17, 15) is 14.4 Å². The predicted octanol–water partition coefficient (Wildman–Crippen LogP) is 24.4. The zero-order valence-electron chi connectivity index (χ0n) is 54.2. The number of carbonyl (C=O) groups excluding carboxylic acids is 3. The van der Waals surface area contributed by atoms with E-state index >= 15 is 0 Å². The summed E-state index contributed by atoms with van der Waals surface area (Å²) in [5.41, 5.74) is 0. The Morgan fingerprint density at radius 1 is 0.256 bits per heavy atom. The molecule has 0 spiro atoms. The summed E-state index contributed by atoms with van der Waals surface area (Å²) >= 11 is 0. The summed E-state index contributed by atoms with van der Waals surface area (Å²) in [6.07, 6.45) is 94.6. The van der Waals surface area contributed by atoms with Crippen molar-refractivity contribution < 1.29 is 28.6 Å². The van der Waals surface area contributed by atoms with Gasteiger partial charge in [-0.2, -0.15) is 0 Å². The molecule has 0 aliphatic carbocycles. The smallest absolute Gasteiger partial charge is 0.306 e. The summed E-state index contributed by atoms with van der Waals surface area (Å²) in [6.45, 7) is 6.47. The van der Waals surface area contributed by atoms with Gasteiger partial charge in [-0.15, -0.1) is 0 Å². The van der Waals surface area contributed by atoms with Gasteiger partial charge in [-0.05, 0) is 89.9 Å². The second-order valence-corrected chi connectivity index (χ2v) is 23.4. The van der Waals surface area contributed by atoms with E-state index in [2.05, 4.69) is 112 Å². The first kappa shape index (κ1) is 78.3. The van der Waals surface area contributed by atoms with Gasteiger partial charge in [-0.1, -0.05) is 336 Å². The Kier molecular flexibility index (Phi) is 66.7. The number of rotatable bonds is 64. The highest BCUT2D eigenvalue weighted by molar-refractivity contribution is 5.71. The molecule has 0 amide bonds. The molecule has 0 heterocycles. The van der Waals surface area contributed by atoms with Crippen LogP contribution in [-0.2, 0) is 28.6 Å². The average Bonchev–Trinajstić information content (AvgIpc) is 3.47. The summed E-state index contributed by atoms with van der Waals surface area (Å²) in [6, 6.07) is 0. The molecule has 1 unspecified atom stereocenters. The van der Waals surface area contributed by atoms with Gasteiger partial charge in [0.05, 0.1) is 0 Å². The van der Waals surface area contributed by atoms with Crippen molar-refractivity contribution in [2.75, 3.05) is 13.2 Å². The number of carbonyl (C=O) groups is 3. The van der Waals surface area contributed by atoms with Gasteiger partial charge in [0.2, 0.25) is 0 Å². The Morgan fingerprint density at radius 3 is 0.817 bits per heavy atom. The van der Waals surface area contributed by atoms with Gasteiger partial charge >= 0.3 is 17.9 Å². The lowest BCUT2D eigenvalue weighted by molar-refractivity contribution is -0.166. The van der Waals surface area contributed by atoms with Crippen molar-refractivity contribution in [3.8, 4) is 0 Å². The predicted molar refractivity (Wildman–Crippen MR) is 357 cm³/mol. The molecule has 0 radical (unpaired) electrons. The standard InChI is InChI=1S/C76H132O6/c1-4-7-10-13-16-19-22-25-28-30-32-33-34-35-36-37-38-39-40-41-42-44-45-48-51-54-57-60-63-66-69-75(78)81-72-73(71-80-74(77)68-65-62-59-56-53-50-47-27-24-21-18-15-12-9-6-3)82-76(79)70-67-64-61-58-55-52-49-46-43-31-29-26-23-20-17-14-11-8-5-2/h8,11,17-18,20-21,26-27,29,43,46-47,52,55,61,64,73H,4-7,9-10,12-16,19,22-25,28,30-42,44-45,48-51,53-54,56-60,62-63,65-72H2,1-3H3/b11-8-,20-17-,21-18-,29-26-,46-43-,47-27-,55-52-,64-61-. The van der Waals surface area contributed by atoms with E-state index in [1.165, 1.54) is 199 Å². The number of hydrogen-bond donors (Lipinski definition) is 0. The topological polar surface area (TPSA) is 78.9 Å². The lowest BCUT2D eigenvalue weighted by Gasteiger charge is -2.18. The van der Waals surface area contributed by atoms with Gasteiger partial charge in [-0.3, -0.25) is 14.4 Å². The van der Waals surface area contributed by atoms with Crippen LogP contribution in [0, 0.1) is 0 Å². The van der Waals surface area contributed by atoms with Crippen molar-refractivity contribution in [2.45, 2.75) is 354 Å². The van der Waals surface area contributed by atoms with Gasteiger partial charge in [0.1, 0.15) is 13.2 Å². The minimum absolute atomic E-state index is 0.110. The molecule has 0 aromatic rings. The molecule has 1 atom stereocenters. The lowest BCUT2D eigenvalue weighted by Crippen LogP contribution is -2.30. The molecular formula is C76H132O6. The fraction of sp³-hybridized carbons (Fsp3) is 0.750. The van der Waals surface area contributed by atoms with Crippen LogP contribution >= 0.6 is 0 Å². The third-order valence-electron chi connectivity index (χ3n) is 15.3. The van der Waals surface area contributed by atoms with Crippen LogP contribution in [0.5, 0.6) is 0 Å². The summed E-state index contributed by atoms with van der Waals surface area (Å²) < 4.78 is 16.9. The normalized spacial score (nSPS) is 12.7. The van der Waals surface area contributed by atoms with Gasteiger partial charge in [-0.25, -0.2) is 0 Å². The van der Waals surface area contributed by atoms with Crippen molar-refractivity contribution in [2.24, 2.45) is 0 Å². The van der Waals surface area contributed by atoms with E-state index in [-0.39, 0.29) is 31.6 Å². The molecule has 0 saturated carbocycles. The Hall–Kier alpha value is -3.67. The van der Waals surface area contributed by atoms with Crippen molar-refractivity contribution in [3.63, 3.8) is 0 Å². The summed E-state index contributed by atoms with van der Waals surface area (Å²) in [5.74, 6) is -0.996. The molecule has 6 nitrogen and oxygen atoms in total. The van der Waals surface area contributed by atoms with Gasteiger partial charge in [0, 0.05) is 19.3 Å². The van der Waals surface area contributed by atoms with Crippen LogP contribution in [0.15, 0.2) is 97.2 Å². The van der Waals surface area contributed by atoms with Crippen molar-refractivity contribution in [1.29, 1.82) is 0 Å². The fourth-order valence-electron chi connectivity index (χ4n) is 10.1. The SMILES string of the molecule is CC/C=C\C/C=C\C/C=C\C/C=C\C/C=C\C/C=C\CCC(=O)OC(COC(=O)CCCCCCC/C=C\C/C=C\CCCCC)COC(=O)CCCCCCCCCCCCCCCCCCCCCCCCCCCCCCCC. The summed E-state index contributed by atoms with van der Waals surface area (Å²) in [7, 11) is 0. The highest BCUT2D eigenvalue weighted by Gasteiger charge is 2.19. The molecule has 0 rings (SSSR count). The Balaban J connectivity index is 4.30. The monoisotopic (exact) mass is 1140 g/mol. The molecule has 82 heavy (non-hydrogen) atoms. The Labute approximate surface area is 508 Å². The molecule has 6 heteroatoms. The third-order valence-corrected chi connectivity index (χ3v) is 15.3. The Morgan fingerprint density at radius 2 is 0.500 bits per heavy atom. The van der Waals surface area contributed by atoms with Crippen molar-refractivity contribution in [3.05, 3.63) is 97.2 Å². The van der Waals surface area contributed by atoms with E-state index in [1.54, 1.807) is 0 Å². The van der Waals surface area contributed by atoms with Crippen LogP contribution in [-0.4, -0.2) is 37.2 Å². The van der Waals surface area contributed by atoms with Gasteiger partial charge < -0.3 is 14.2 Å². The molecular weight excluding hydrogens is 1010 g/mol. The number of ether oxygens (including phenoxy) is 3. The van der Waals surface area contributed by atoms with Crippen LogP contribution in [0.1, 0.15) is 348 Å². The molecule has 0 bridgehead atoms. The summed E-state index contributed by atoms with van der Waals surface area (Å²) in [5, 5.41) is 0. The minimum Gasteiger partial charge on any atom is -0.462 e. The second-order valence-electron chi connectivity index (χ2n) is 23.4. The van der Waals surface area contributed by atoms with E-state index in [0.717, 1.165) is 103 Å².